The van der Waals surface area contributed by atoms with Crippen LogP contribution in [0.1, 0.15) is 33.1 Å². The molecule has 0 fully saturated rings. The fraction of sp³-hybridized carbons (Fsp3) is 0.500. The Morgan fingerprint density at radius 2 is 1.95 bits per heavy atom. The van der Waals surface area contributed by atoms with Crippen LogP contribution in [-0.4, -0.2) is 19.8 Å². The van der Waals surface area contributed by atoms with Crippen molar-refractivity contribution >= 4 is 11.8 Å². The normalized spacial score (nSPS) is 13.3. The van der Waals surface area contributed by atoms with E-state index in [1.165, 1.54) is 0 Å². The molecule has 0 saturated carbocycles. The van der Waals surface area contributed by atoms with E-state index in [0.29, 0.717) is 18.7 Å². The van der Waals surface area contributed by atoms with Crippen molar-refractivity contribution in [3.05, 3.63) is 28.6 Å². The number of fused-ring (bicyclic) bond motifs is 1. The van der Waals surface area contributed by atoms with Crippen molar-refractivity contribution in [2.75, 3.05) is 13.7 Å². The highest BCUT2D eigenvalue weighted by atomic mass is 19.4. The van der Waals surface area contributed by atoms with E-state index in [1.807, 2.05) is 38.1 Å². The molecule has 1 aliphatic rings. The molecule has 2 nitrogen and oxygen atoms in total. The quantitative estimate of drug-likeness (QED) is 0.923. The van der Waals surface area contributed by atoms with Gasteiger partial charge in [0.2, 0.25) is 0 Å². The maximum atomic E-state index is 12.2. The molecule has 0 unspecified atom stereocenters. The Bertz CT molecular complexity index is 564. The van der Waals surface area contributed by atoms with Crippen LogP contribution in [0.2, 0.25) is 0 Å². The Morgan fingerprint density at radius 1 is 1.24 bits per heavy atom. The molecule has 0 atom stereocenters. The van der Waals surface area contributed by atoms with Crippen molar-refractivity contribution in [3.8, 4) is 5.75 Å². The van der Waals surface area contributed by atoms with Crippen LogP contribution in [0.5, 0.6) is 5.75 Å². The maximum absolute atomic E-state index is 12.2. The fourth-order valence-electron chi connectivity index (χ4n) is 2.26. The van der Waals surface area contributed by atoms with Gasteiger partial charge in [0.1, 0.15) is 5.75 Å². The SMILES string of the molecule is CC.COc1cccc2c1=C(CCCC(F)(F)F)NCC=2. The van der Waals surface area contributed by atoms with E-state index in [4.69, 9.17) is 4.74 Å². The second kappa shape index (κ2) is 7.96. The summed E-state index contributed by atoms with van der Waals surface area (Å²) in [5.41, 5.74) is 0.833. The Balaban J connectivity index is 0.00000106. The summed E-state index contributed by atoms with van der Waals surface area (Å²) in [6, 6.07) is 5.65. The first-order valence-electron chi connectivity index (χ1n) is 7.18. The van der Waals surface area contributed by atoms with Crippen LogP contribution in [-0.2, 0) is 0 Å². The Hall–Kier alpha value is -1.65. The average Bonchev–Trinajstić information content (AvgIpc) is 2.47. The van der Waals surface area contributed by atoms with Crippen molar-refractivity contribution in [2.45, 2.75) is 39.3 Å². The topological polar surface area (TPSA) is 21.3 Å². The minimum Gasteiger partial charge on any atom is -0.496 e. The summed E-state index contributed by atoms with van der Waals surface area (Å²) < 4.78 is 41.9. The van der Waals surface area contributed by atoms with Crippen molar-refractivity contribution in [1.29, 1.82) is 0 Å². The fourth-order valence-corrected chi connectivity index (χ4v) is 2.26. The molecule has 0 spiro atoms. The van der Waals surface area contributed by atoms with Gasteiger partial charge in [-0.25, -0.2) is 0 Å². The summed E-state index contributed by atoms with van der Waals surface area (Å²) in [4.78, 5) is 0. The van der Waals surface area contributed by atoms with E-state index in [-0.39, 0.29) is 6.42 Å². The van der Waals surface area contributed by atoms with Gasteiger partial charge < -0.3 is 10.1 Å². The number of hydrogen-bond acceptors (Lipinski definition) is 2. The van der Waals surface area contributed by atoms with Gasteiger partial charge in [-0.15, -0.1) is 0 Å². The van der Waals surface area contributed by atoms with Crippen LogP contribution in [0.4, 0.5) is 13.2 Å². The van der Waals surface area contributed by atoms with Gasteiger partial charge in [0.25, 0.3) is 0 Å². The van der Waals surface area contributed by atoms with Crippen LogP contribution >= 0.6 is 0 Å². The Morgan fingerprint density at radius 3 is 2.57 bits per heavy atom. The van der Waals surface area contributed by atoms with Gasteiger partial charge in [-0.1, -0.05) is 32.1 Å². The van der Waals surface area contributed by atoms with E-state index in [9.17, 15) is 13.2 Å². The second-order valence-corrected chi connectivity index (χ2v) is 4.46. The van der Waals surface area contributed by atoms with Gasteiger partial charge in [-0.3, -0.25) is 0 Å². The largest absolute Gasteiger partial charge is 0.496 e. The lowest BCUT2D eigenvalue weighted by molar-refractivity contribution is -0.135. The maximum Gasteiger partial charge on any atom is 0.389 e. The molecule has 0 aliphatic carbocycles. The third-order valence-electron chi connectivity index (χ3n) is 3.10. The molecule has 0 aromatic heterocycles. The highest BCUT2D eigenvalue weighted by Gasteiger charge is 2.26. The smallest absolute Gasteiger partial charge is 0.389 e. The summed E-state index contributed by atoms with van der Waals surface area (Å²) in [5, 5.41) is 5.05. The van der Waals surface area contributed by atoms with Crippen LogP contribution in [0, 0.1) is 0 Å². The first-order valence-corrected chi connectivity index (χ1v) is 7.18. The van der Waals surface area contributed by atoms with Crippen LogP contribution in [0.25, 0.3) is 11.8 Å². The number of halogens is 3. The number of methoxy groups -OCH3 is 1. The Labute approximate surface area is 123 Å². The number of ether oxygens (including phenoxy) is 1. The van der Waals surface area contributed by atoms with Gasteiger partial charge in [0.05, 0.1) is 7.11 Å². The minimum absolute atomic E-state index is 0.0866. The van der Waals surface area contributed by atoms with Gasteiger partial charge in [-0.2, -0.15) is 13.2 Å². The van der Waals surface area contributed by atoms with Gasteiger partial charge in [0.15, 0.2) is 0 Å². The summed E-state index contributed by atoms with van der Waals surface area (Å²) in [6.07, 6.45) is -2.38. The van der Waals surface area contributed by atoms with E-state index in [1.54, 1.807) is 7.11 Å². The summed E-state index contributed by atoms with van der Waals surface area (Å²) in [6.45, 7) is 4.64. The predicted octanol–water partition coefficient (Wildman–Crippen LogP) is 2.95. The number of nitrogens with one attached hydrogen (secondary N) is 1. The van der Waals surface area contributed by atoms with Crippen molar-refractivity contribution in [1.82, 2.24) is 5.32 Å². The highest BCUT2D eigenvalue weighted by Crippen LogP contribution is 2.23. The molecular weight excluding hydrogens is 279 g/mol. The molecule has 1 aromatic rings. The van der Waals surface area contributed by atoms with E-state index in [0.717, 1.165) is 16.1 Å². The van der Waals surface area contributed by atoms with Gasteiger partial charge >= 0.3 is 6.18 Å². The number of hydrogen-bond donors (Lipinski definition) is 1. The molecule has 0 amide bonds. The molecule has 5 heteroatoms. The summed E-state index contributed by atoms with van der Waals surface area (Å²) in [5.74, 6) is 0.697. The van der Waals surface area contributed by atoms with Crippen LogP contribution in [0.3, 0.4) is 0 Å². The van der Waals surface area contributed by atoms with Gasteiger partial charge in [-0.05, 0) is 24.1 Å². The molecule has 2 rings (SSSR count). The number of alkyl halides is 3. The molecule has 1 heterocycles. The highest BCUT2D eigenvalue weighted by molar-refractivity contribution is 5.53. The summed E-state index contributed by atoms with van der Waals surface area (Å²) in [7, 11) is 1.57. The van der Waals surface area contributed by atoms with E-state index in [2.05, 4.69) is 5.32 Å². The minimum atomic E-state index is -4.09. The third kappa shape index (κ3) is 4.99. The molecule has 0 bridgehead atoms. The monoisotopic (exact) mass is 301 g/mol. The lowest BCUT2D eigenvalue weighted by Gasteiger charge is -2.16. The summed E-state index contributed by atoms with van der Waals surface area (Å²) >= 11 is 0. The van der Waals surface area contributed by atoms with E-state index >= 15 is 0 Å². The average molecular weight is 301 g/mol. The zero-order valence-electron chi connectivity index (χ0n) is 12.7. The van der Waals surface area contributed by atoms with Crippen molar-refractivity contribution in [2.24, 2.45) is 0 Å². The van der Waals surface area contributed by atoms with Crippen molar-refractivity contribution in [3.63, 3.8) is 0 Å². The third-order valence-corrected chi connectivity index (χ3v) is 3.10. The molecule has 118 valence electrons. The first-order chi connectivity index (χ1) is 10.0. The molecular formula is C16H22F3NO. The Kier molecular flexibility index (Phi) is 6.59. The second-order valence-electron chi connectivity index (χ2n) is 4.46. The standard InChI is InChI=1S/C14H16F3NO.C2H6/c1-19-12-6-2-4-10-7-9-18-11(13(10)12)5-3-8-14(15,16)17;1-2/h2,4,6-7,18H,3,5,8-9H2,1H3;1-2H3. The molecule has 0 saturated heterocycles. The molecule has 1 aromatic carbocycles. The molecule has 1 aliphatic heterocycles. The molecule has 21 heavy (non-hydrogen) atoms. The number of benzene rings is 1. The van der Waals surface area contributed by atoms with Crippen LogP contribution in [0.15, 0.2) is 18.2 Å². The van der Waals surface area contributed by atoms with Crippen LogP contribution < -0.4 is 20.5 Å². The van der Waals surface area contributed by atoms with Gasteiger partial charge in [0, 0.05) is 23.9 Å². The number of rotatable bonds is 4. The zero-order valence-corrected chi connectivity index (χ0v) is 12.7. The van der Waals surface area contributed by atoms with Crippen molar-refractivity contribution < 1.29 is 17.9 Å². The lowest BCUT2D eigenvalue weighted by Crippen LogP contribution is -2.38. The predicted molar refractivity (Wildman–Crippen MR) is 79.4 cm³/mol. The molecule has 1 N–H and O–H groups in total. The first kappa shape index (κ1) is 17.4. The lowest BCUT2D eigenvalue weighted by atomic mass is 10.1. The van der Waals surface area contributed by atoms with E-state index < -0.39 is 12.6 Å². The zero-order chi connectivity index (χ0) is 15.9. The molecule has 0 radical (unpaired) electrons.